The number of thiophene rings is 1. The first-order valence-electron chi connectivity index (χ1n) is 6.00. The normalized spacial score (nSPS) is 10.6. The van der Waals surface area contributed by atoms with Gasteiger partial charge in [0.05, 0.1) is 0 Å². The summed E-state index contributed by atoms with van der Waals surface area (Å²) in [6.07, 6.45) is 3.63. The Hall–Kier alpha value is -1.72. The topological polar surface area (TPSA) is 62.2 Å². The zero-order valence-electron chi connectivity index (χ0n) is 10.9. The molecule has 0 aliphatic rings. The van der Waals surface area contributed by atoms with Crippen LogP contribution in [0.25, 0.3) is 0 Å². The van der Waals surface area contributed by atoms with Gasteiger partial charge < -0.3 is 10.4 Å². The van der Waals surface area contributed by atoms with E-state index in [1.807, 2.05) is 19.2 Å². The number of aryl methyl sites for hydroxylation is 2. The third kappa shape index (κ3) is 3.39. The second-order valence-corrected chi connectivity index (χ2v) is 5.66. The van der Waals surface area contributed by atoms with Crippen molar-refractivity contribution in [2.24, 2.45) is 0 Å². The number of hydrogen-bond acceptors (Lipinski definition) is 4. The van der Waals surface area contributed by atoms with Gasteiger partial charge in [0.25, 0.3) is 0 Å². The molecule has 0 radical (unpaired) electrons. The molecule has 4 nitrogen and oxygen atoms in total. The van der Waals surface area contributed by atoms with E-state index in [-0.39, 0.29) is 0 Å². The predicted octanol–water partition coefficient (Wildman–Crippen LogP) is 2.75. The molecular formula is C14H16N2O2S. The first kappa shape index (κ1) is 13.7. The third-order valence-electron chi connectivity index (χ3n) is 3.01. The second-order valence-electron chi connectivity index (χ2n) is 4.40. The molecule has 2 heterocycles. The van der Waals surface area contributed by atoms with Crippen LogP contribution in [0.2, 0.25) is 0 Å². The highest BCUT2D eigenvalue weighted by molar-refractivity contribution is 7.14. The molecule has 2 rings (SSSR count). The van der Waals surface area contributed by atoms with Gasteiger partial charge in [-0.15, -0.1) is 11.3 Å². The Bertz CT molecular complexity index is 593. The molecule has 0 aromatic carbocycles. The zero-order chi connectivity index (χ0) is 13.8. The fourth-order valence-corrected chi connectivity index (χ4v) is 2.69. The van der Waals surface area contributed by atoms with Crippen LogP contribution in [0.5, 0.6) is 0 Å². The maximum absolute atomic E-state index is 10.9. The monoisotopic (exact) mass is 276 g/mol. The van der Waals surface area contributed by atoms with Crippen LogP contribution in [0.1, 0.15) is 31.2 Å². The summed E-state index contributed by atoms with van der Waals surface area (Å²) in [7, 11) is 0. The average molecular weight is 276 g/mol. The van der Waals surface area contributed by atoms with Gasteiger partial charge in [0.2, 0.25) is 0 Å². The van der Waals surface area contributed by atoms with Gasteiger partial charge in [-0.1, -0.05) is 0 Å². The Labute approximate surface area is 116 Å². The molecule has 0 saturated heterocycles. The molecule has 19 heavy (non-hydrogen) atoms. The highest BCUT2D eigenvalue weighted by Crippen LogP contribution is 2.21. The van der Waals surface area contributed by atoms with E-state index in [2.05, 4.69) is 17.2 Å². The molecule has 0 spiro atoms. The number of rotatable bonds is 5. The molecule has 100 valence electrons. The summed E-state index contributed by atoms with van der Waals surface area (Å²) in [6.45, 7) is 5.40. The van der Waals surface area contributed by atoms with Crippen LogP contribution in [0, 0.1) is 13.8 Å². The maximum Gasteiger partial charge on any atom is 0.345 e. The number of carboxylic acid groups (broad SMARTS) is 1. The average Bonchev–Trinajstić information content (AvgIpc) is 2.74. The molecule has 0 aliphatic carbocycles. The summed E-state index contributed by atoms with van der Waals surface area (Å²) in [5.41, 5.74) is 3.41. The summed E-state index contributed by atoms with van der Waals surface area (Å²) in [5.74, 6) is -0.859. The van der Waals surface area contributed by atoms with Gasteiger partial charge >= 0.3 is 5.97 Å². The molecule has 2 N–H and O–H groups in total. The number of nitrogens with one attached hydrogen (secondary N) is 1. The van der Waals surface area contributed by atoms with Crippen molar-refractivity contribution in [2.75, 3.05) is 0 Å². The summed E-state index contributed by atoms with van der Waals surface area (Å²) < 4.78 is 0. The lowest BCUT2D eigenvalue weighted by Crippen LogP contribution is -2.13. The minimum Gasteiger partial charge on any atom is -0.477 e. The molecule has 5 heteroatoms. The van der Waals surface area contributed by atoms with Gasteiger partial charge in [-0.3, -0.25) is 4.98 Å². The van der Waals surface area contributed by atoms with E-state index < -0.39 is 5.97 Å². The number of aromatic carboxylic acids is 1. The highest BCUT2D eigenvalue weighted by Gasteiger charge is 2.10. The van der Waals surface area contributed by atoms with Crippen LogP contribution in [0.3, 0.4) is 0 Å². The fraction of sp³-hybridized carbons (Fsp3) is 0.286. The van der Waals surface area contributed by atoms with Crippen molar-refractivity contribution in [1.82, 2.24) is 10.3 Å². The van der Waals surface area contributed by atoms with Crippen molar-refractivity contribution in [3.63, 3.8) is 0 Å². The standard InChI is InChI=1S/C14H16N2O2S/c1-9-3-4-15-7-12(9)8-16-6-11-5-13(14(17)18)19-10(11)2/h3-5,7,16H,6,8H2,1-2H3,(H,17,18). The van der Waals surface area contributed by atoms with E-state index >= 15 is 0 Å². The van der Waals surface area contributed by atoms with Crippen molar-refractivity contribution >= 4 is 17.3 Å². The first-order valence-corrected chi connectivity index (χ1v) is 6.82. The van der Waals surface area contributed by atoms with Gasteiger partial charge in [0.1, 0.15) is 4.88 Å². The summed E-state index contributed by atoms with van der Waals surface area (Å²) in [5, 5.41) is 12.3. The lowest BCUT2D eigenvalue weighted by Gasteiger charge is -2.06. The second kappa shape index (κ2) is 5.95. The molecule has 0 unspecified atom stereocenters. The molecule has 0 aliphatic heterocycles. The number of hydrogen-bond donors (Lipinski definition) is 2. The van der Waals surface area contributed by atoms with Crippen LogP contribution in [-0.4, -0.2) is 16.1 Å². The Morgan fingerprint density at radius 1 is 1.37 bits per heavy atom. The van der Waals surface area contributed by atoms with Crippen molar-refractivity contribution in [1.29, 1.82) is 0 Å². The SMILES string of the molecule is Cc1ccncc1CNCc1cc(C(=O)O)sc1C. The van der Waals surface area contributed by atoms with Crippen LogP contribution < -0.4 is 5.32 Å². The van der Waals surface area contributed by atoms with Crippen molar-refractivity contribution in [2.45, 2.75) is 26.9 Å². The molecule has 0 saturated carbocycles. The van der Waals surface area contributed by atoms with E-state index in [0.29, 0.717) is 11.4 Å². The molecule has 0 amide bonds. The van der Waals surface area contributed by atoms with Gasteiger partial charge in [-0.25, -0.2) is 4.79 Å². The van der Waals surface area contributed by atoms with Crippen molar-refractivity contribution in [3.8, 4) is 0 Å². The lowest BCUT2D eigenvalue weighted by molar-refractivity contribution is 0.0702. The minimum absolute atomic E-state index is 0.395. The lowest BCUT2D eigenvalue weighted by atomic mass is 10.1. The number of carboxylic acids is 1. The smallest absolute Gasteiger partial charge is 0.345 e. The van der Waals surface area contributed by atoms with E-state index in [4.69, 9.17) is 5.11 Å². The van der Waals surface area contributed by atoms with Crippen molar-refractivity contribution < 1.29 is 9.90 Å². The predicted molar refractivity (Wildman–Crippen MR) is 75.5 cm³/mol. The molecule has 0 atom stereocenters. The van der Waals surface area contributed by atoms with E-state index in [0.717, 1.165) is 22.5 Å². The number of carbonyl (C=O) groups is 1. The van der Waals surface area contributed by atoms with Crippen LogP contribution in [-0.2, 0) is 13.1 Å². The molecule has 0 bridgehead atoms. The molecule has 2 aromatic rings. The summed E-state index contributed by atoms with van der Waals surface area (Å²) >= 11 is 1.32. The van der Waals surface area contributed by atoms with Crippen LogP contribution in [0.15, 0.2) is 24.5 Å². The fourth-order valence-electron chi connectivity index (χ4n) is 1.81. The number of aromatic nitrogens is 1. The Morgan fingerprint density at radius 3 is 2.74 bits per heavy atom. The highest BCUT2D eigenvalue weighted by atomic mass is 32.1. The maximum atomic E-state index is 10.9. The Balaban J connectivity index is 1.96. The Kier molecular flexibility index (Phi) is 4.29. The first-order chi connectivity index (χ1) is 9.08. The minimum atomic E-state index is -0.859. The quantitative estimate of drug-likeness (QED) is 0.881. The van der Waals surface area contributed by atoms with E-state index in [1.165, 1.54) is 16.9 Å². The molecular weight excluding hydrogens is 260 g/mol. The van der Waals surface area contributed by atoms with Crippen LogP contribution >= 0.6 is 11.3 Å². The van der Waals surface area contributed by atoms with E-state index in [1.54, 1.807) is 12.3 Å². The van der Waals surface area contributed by atoms with Gasteiger partial charge in [0.15, 0.2) is 0 Å². The molecule has 0 fully saturated rings. The summed E-state index contributed by atoms with van der Waals surface area (Å²) in [6, 6.07) is 3.72. The summed E-state index contributed by atoms with van der Waals surface area (Å²) in [4.78, 5) is 16.4. The molecule has 2 aromatic heterocycles. The van der Waals surface area contributed by atoms with Gasteiger partial charge in [-0.05, 0) is 42.7 Å². The van der Waals surface area contributed by atoms with Gasteiger partial charge in [-0.2, -0.15) is 0 Å². The van der Waals surface area contributed by atoms with Crippen molar-refractivity contribution in [3.05, 3.63) is 51.0 Å². The third-order valence-corrected chi connectivity index (χ3v) is 4.09. The largest absolute Gasteiger partial charge is 0.477 e. The van der Waals surface area contributed by atoms with Gasteiger partial charge in [0, 0.05) is 30.4 Å². The zero-order valence-corrected chi connectivity index (χ0v) is 11.8. The number of nitrogens with zero attached hydrogens (tertiary/aromatic N) is 1. The van der Waals surface area contributed by atoms with E-state index in [9.17, 15) is 4.79 Å². The number of pyridine rings is 1. The van der Waals surface area contributed by atoms with Crippen LogP contribution in [0.4, 0.5) is 0 Å². The Morgan fingerprint density at radius 2 is 2.11 bits per heavy atom.